The predicted octanol–water partition coefficient (Wildman–Crippen LogP) is 11.2. The van der Waals surface area contributed by atoms with E-state index in [-0.39, 0.29) is 11.4 Å². The molecule has 0 unspecified atom stereocenters. The van der Waals surface area contributed by atoms with Crippen molar-refractivity contribution in [3.8, 4) is 17.2 Å². The number of fused-ring (bicyclic) bond motifs is 1. The lowest BCUT2D eigenvalue weighted by atomic mass is 10.1. The van der Waals surface area contributed by atoms with Gasteiger partial charge in [0.2, 0.25) is 0 Å². The normalized spacial score (nSPS) is 12.0. The number of hydrogen-bond acceptors (Lipinski definition) is 13. The summed E-state index contributed by atoms with van der Waals surface area (Å²) in [6, 6.07) is 27.8. The number of benzene rings is 6. The number of anilines is 2. The van der Waals surface area contributed by atoms with Gasteiger partial charge in [-0.1, -0.05) is 12.1 Å². The summed E-state index contributed by atoms with van der Waals surface area (Å²) in [5.41, 5.74) is 6.48. The van der Waals surface area contributed by atoms with Crippen LogP contribution in [0.4, 0.5) is 45.5 Å². The highest BCUT2D eigenvalue weighted by molar-refractivity contribution is 7.86. The molecule has 6 rings (SSSR count). The third kappa shape index (κ3) is 8.81. The fourth-order valence-corrected chi connectivity index (χ4v) is 6.26. The Morgan fingerprint density at radius 1 is 0.600 bits per heavy atom. The number of nitrogens with zero attached hydrogens (tertiary/aromatic N) is 6. The van der Waals surface area contributed by atoms with E-state index in [4.69, 9.17) is 9.47 Å². The molecule has 0 spiro atoms. The molecule has 0 amide bonds. The molecule has 0 aliphatic heterocycles. The molecule has 0 aliphatic rings. The molecule has 0 atom stereocenters. The van der Waals surface area contributed by atoms with Crippen LogP contribution >= 0.6 is 0 Å². The van der Waals surface area contributed by atoms with Gasteiger partial charge in [0, 0.05) is 22.8 Å². The quantitative estimate of drug-likeness (QED) is 0.0697. The number of aromatic hydroxyl groups is 1. The number of ether oxygens (including phenoxy) is 2. The summed E-state index contributed by atoms with van der Waals surface area (Å²) in [5.74, 6) is 1.13. The van der Waals surface area contributed by atoms with E-state index in [1.54, 1.807) is 32.2 Å². The molecule has 14 nitrogen and oxygen atoms in total. The van der Waals surface area contributed by atoms with Gasteiger partial charge >= 0.3 is 0 Å². The van der Waals surface area contributed by atoms with Crippen LogP contribution in [0.25, 0.3) is 10.8 Å². The first-order valence-corrected chi connectivity index (χ1v) is 18.2. The monoisotopic (exact) mass is 759 g/mol. The second-order valence-electron chi connectivity index (χ2n) is 12.5. The van der Waals surface area contributed by atoms with E-state index in [0.717, 1.165) is 39.7 Å². The molecule has 0 saturated heterocycles. The Hall–Kier alpha value is -6.55. The molecule has 0 saturated carbocycles. The van der Waals surface area contributed by atoms with E-state index < -0.39 is 21.6 Å². The Labute approximate surface area is 317 Å². The second-order valence-corrected chi connectivity index (χ2v) is 13.9. The molecule has 6 aromatic carbocycles. The maximum Gasteiger partial charge on any atom is 0.296 e. The molecule has 6 aromatic rings. The molecule has 0 aromatic heterocycles. The van der Waals surface area contributed by atoms with Crippen LogP contribution in [0.15, 0.2) is 133 Å². The van der Waals surface area contributed by atoms with E-state index in [1.807, 2.05) is 74.5 Å². The zero-order valence-corrected chi connectivity index (χ0v) is 31.3. The van der Waals surface area contributed by atoms with Gasteiger partial charge in [-0.15, -0.1) is 15.3 Å². The number of methoxy groups -OCH3 is 2. The number of aliphatic hydroxyl groups excluding tert-OH is 1. The van der Waals surface area contributed by atoms with E-state index in [1.165, 1.54) is 19.2 Å². The topological polar surface area (TPSA) is 199 Å². The average molecular weight is 760 g/mol. The molecule has 0 radical (unpaired) electrons. The van der Waals surface area contributed by atoms with Crippen molar-refractivity contribution < 1.29 is 32.7 Å². The number of azo groups is 3. The Morgan fingerprint density at radius 2 is 1.15 bits per heavy atom. The van der Waals surface area contributed by atoms with Crippen LogP contribution in [-0.2, 0) is 16.7 Å². The van der Waals surface area contributed by atoms with Crippen LogP contribution in [0.5, 0.6) is 17.2 Å². The first-order valence-electron chi connectivity index (χ1n) is 16.8. The van der Waals surface area contributed by atoms with Crippen molar-refractivity contribution in [3.63, 3.8) is 0 Å². The van der Waals surface area contributed by atoms with Gasteiger partial charge in [-0.25, -0.2) is 0 Å². The summed E-state index contributed by atoms with van der Waals surface area (Å²) in [7, 11) is -1.53. The van der Waals surface area contributed by atoms with Crippen molar-refractivity contribution in [1.82, 2.24) is 0 Å². The highest BCUT2D eigenvalue weighted by Gasteiger charge is 2.17. The number of aliphatic hydroxyl groups is 1. The number of aryl methyl sites for hydroxylation is 3. The van der Waals surface area contributed by atoms with Crippen molar-refractivity contribution in [2.45, 2.75) is 32.3 Å². The van der Waals surface area contributed by atoms with Gasteiger partial charge < -0.3 is 25.0 Å². The molecular weight excluding hydrogens is 723 g/mol. The second kappa shape index (κ2) is 16.2. The Bertz CT molecular complexity index is 2610. The van der Waals surface area contributed by atoms with Crippen LogP contribution in [0.3, 0.4) is 0 Å². The smallest absolute Gasteiger partial charge is 0.296 e. The number of rotatable bonds is 12. The molecule has 0 fully saturated rings. The minimum Gasteiger partial charge on any atom is -0.505 e. The Balaban J connectivity index is 1.19. The van der Waals surface area contributed by atoms with Gasteiger partial charge in [0.1, 0.15) is 33.5 Å². The van der Waals surface area contributed by atoms with Crippen LogP contribution < -0.4 is 14.8 Å². The number of nitrogens with one attached hydrogen (secondary N) is 1. The van der Waals surface area contributed by atoms with Crippen molar-refractivity contribution >= 4 is 66.4 Å². The third-order valence-corrected chi connectivity index (χ3v) is 9.52. The maximum atomic E-state index is 11.9. The maximum absolute atomic E-state index is 11.9. The summed E-state index contributed by atoms with van der Waals surface area (Å²) in [4.78, 5) is -0.475. The van der Waals surface area contributed by atoms with Crippen molar-refractivity contribution in [3.05, 3.63) is 119 Å². The Morgan fingerprint density at radius 3 is 1.75 bits per heavy atom. The van der Waals surface area contributed by atoms with Gasteiger partial charge in [-0.3, -0.25) is 4.55 Å². The molecule has 0 heterocycles. The third-order valence-electron chi connectivity index (χ3n) is 8.64. The number of phenols is 1. The molecule has 55 heavy (non-hydrogen) atoms. The molecule has 4 N–H and O–H groups in total. The number of hydrogen-bond donors (Lipinski definition) is 4. The average Bonchev–Trinajstić information content (AvgIpc) is 3.17. The minimum absolute atomic E-state index is 0.0216. The standard InChI is InChI=1S/C40H37N7O7S/c1-23-17-35(45-47-37-18-25(3)36(21-38(37)54-5)46-42-32-14-6-26(22-48)19-39(32)55(50,51)52)24(2)16-34(23)44-43-33-15-7-27-20-29(10-13-31(27)40(33)49)41-28-8-11-30(53-4)12-9-28/h6-21,41,48-49H,22H2,1-5H3,(H,50,51,52). The first kappa shape index (κ1) is 38.2. The lowest BCUT2D eigenvalue weighted by molar-refractivity contribution is 0.281. The van der Waals surface area contributed by atoms with E-state index in [2.05, 4.69) is 36.0 Å². The molecule has 0 aliphatic carbocycles. The highest BCUT2D eigenvalue weighted by Crippen LogP contribution is 2.40. The molecular formula is C40H37N7O7S. The lowest BCUT2D eigenvalue weighted by Crippen LogP contribution is -1.99. The summed E-state index contributed by atoms with van der Waals surface area (Å²) < 4.78 is 44.2. The van der Waals surface area contributed by atoms with Crippen LogP contribution in [0, 0.1) is 20.8 Å². The van der Waals surface area contributed by atoms with Crippen LogP contribution in [0.2, 0.25) is 0 Å². The largest absolute Gasteiger partial charge is 0.505 e. The van der Waals surface area contributed by atoms with E-state index in [9.17, 15) is 23.2 Å². The van der Waals surface area contributed by atoms with Crippen LogP contribution in [-0.4, -0.2) is 37.4 Å². The summed E-state index contributed by atoms with van der Waals surface area (Å²) >= 11 is 0. The fourth-order valence-electron chi connectivity index (χ4n) is 5.58. The minimum atomic E-state index is -4.62. The lowest BCUT2D eigenvalue weighted by Gasteiger charge is -2.10. The zero-order valence-electron chi connectivity index (χ0n) is 30.5. The van der Waals surface area contributed by atoms with Gasteiger partial charge in [0.05, 0.1) is 37.9 Å². The Kier molecular flexibility index (Phi) is 11.3. The summed E-state index contributed by atoms with van der Waals surface area (Å²) in [5, 5.41) is 51.2. The van der Waals surface area contributed by atoms with E-state index >= 15 is 0 Å². The molecule has 15 heteroatoms. The van der Waals surface area contributed by atoms with Gasteiger partial charge in [0.15, 0.2) is 5.75 Å². The zero-order chi connectivity index (χ0) is 39.3. The van der Waals surface area contributed by atoms with Crippen LogP contribution in [0.1, 0.15) is 22.3 Å². The van der Waals surface area contributed by atoms with E-state index in [0.29, 0.717) is 50.7 Å². The molecule has 0 bridgehead atoms. The first-order chi connectivity index (χ1) is 26.4. The summed E-state index contributed by atoms with van der Waals surface area (Å²) in [6.45, 7) is 5.11. The van der Waals surface area contributed by atoms with Gasteiger partial charge in [0.25, 0.3) is 10.1 Å². The van der Waals surface area contributed by atoms with Crippen molar-refractivity contribution in [1.29, 1.82) is 0 Å². The van der Waals surface area contributed by atoms with Gasteiger partial charge in [-0.2, -0.15) is 23.8 Å². The van der Waals surface area contributed by atoms with Crippen molar-refractivity contribution in [2.75, 3.05) is 19.5 Å². The SMILES string of the molecule is COc1ccc(Nc2ccc3c(O)c(N=Nc4cc(C)c(N=Nc5cc(C)c(N=Nc6ccc(CO)cc6S(=O)(=O)O)cc5OC)cc4C)ccc3c2)cc1. The van der Waals surface area contributed by atoms with Gasteiger partial charge in [-0.05, 0) is 127 Å². The predicted molar refractivity (Wildman–Crippen MR) is 210 cm³/mol. The number of phenolic OH excluding ortho intramolecular Hbond substituents is 1. The fraction of sp³-hybridized carbons (Fsp3) is 0.150. The highest BCUT2D eigenvalue weighted by atomic mass is 32.2. The molecule has 280 valence electrons. The summed E-state index contributed by atoms with van der Waals surface area (Å²) in [6.07, 6.45) is 0. The van der Waals surface area contributed by atoms with Crippen molar-refractivity contribution in [2.24, 2.45) is 30.7 Å².